The molecule has 0 aliphatic heterocycles. The topological polar surface area (TPSA) is 177 Å². The highest BCUT2D eigenvalue weighted by molar-refractivity contribution is 6.31. The highest BCUT2D eigenvalue weighted by atomic mass is 35.5. The maximum absolute atomic E-state index is 12.8. The van der Waals surface area contributed by atoms with Crippen molar-refractivity contribution in [3.05, 3.63) is 59.1 Å². The molecule has 1 amide bonds. The molecule has 228 valence electrons. The van der Waals surface area contributed by atoms with Gasteiger partial charge in [0, 0.05) is 22.9 Å². The second kappa shape index (κ2) is 13.0. The molecule has 13 nitrogen and oxygen atoms in total. The number of benzene rings is 2. The molecule has 3 aromatic rings. The third-order valence-corrected chi connectivity index (χ3v) is 6.36. The summed E-state index contributed by atoms with van der Waals surface area (Å²) in [5.74, 6) is -3.87. The molecule has 1 aliphatic rings. The number of carboxylic acids is 1. The number of nitrogens with zero attached hydrogens (tertiary/aromatic N) is 3. The third-order valence-electron chi connectivity index (χ3n) is 6.11. The number of amides is 1. The summed E-state index contributed by atoms with van der Waals surface area (Å²) in [5, 5.41) is 20.2. The molecule has 0 radical (unpaired) electrons. The minimum Gasteiger partial charge on any atom is -0.474 e. The Labute approximate surface area is 247 Å². The Hall–Kier alpha value is -4.86. The van der Waals surface area contributed by atoms with E-state index in [2.05, 4.69) is 41.0 Å². The van der Waals surface area contributed by atoms with Crippen LogP contribution in [0.4, 0.5) is 36.4 Å². The first-order valence-corrected chi connectivity index (χ1v) is 13.0. The van der Waals surface area contributed by atoms with Crippen molar-refractivity contribution in [1.82, 2.24) is 20.3 Å². The molecule has 17 heteroatoms. The van der Waals surface area contributed by atoms with Crippen LogP contribution >= 0.6 is 11.6 Å². The van der Waals surface area contributed by atoms with Crippen molar-refractivity contribution < 1.29 is 42.1 Å². The smallest absolute Gasteiger partial charge is 0.422 e. The van der Waals surface area contributed by atoms with Gasteiger partial charge in [-0.15, -0.1) is 0 Å². The lowest BCUT2D eigenvalue weighted by atomic mass is 10.1. The van der Waals surface area contributed by atoms with E-state index in [1.54, 1.807) is 36.4 Å². The predicted octanol–water partition coefficient (Wildman–Crippen LogP) is 3.47. The Morgan fingerprint density at radius 2 is 1.63 bits per heavy atom. The normalized spacial score (nSPS) is 14.2. The fraction of sp³-hybridized carbons (Fsp3) is 0.308. The van der Waals surface area contributed by atoms with Crippen LogP contribution in [0, 0.1) is 0 Å². The Kier molecular flexibility index (Phi) is 9.38. The van der Waals surface area contributed by atoms with Gasteiger partial charge in [-0.05, 0) is 54.8 Å². The van der Waals surface area contributed by atoms with Gasteiger partial charge in [0.2, 0.25) is 11.9 Å². The van der Waals surface area contributed by atoms with E-state index in [4.69, 9.17) is 21.4 Å². The minimum absolute atomic E-state index is 0.00950. The molecule has 0 spiro atoms. The van der Waals surface area contributed by atoms with Crippen molar-refractivity contribution in [2.45, 2.75) is 30.6 Å². The van der Waals surface area contributed by atoms with Crippen LogP contribution in [0.25, 0.3) is 0 Å². The number of methoxy groups -OCH3 is 1. The van der Waals surface area contributed by atoms with Crippen LogP contribution in [0.3, 0.4) is 0 Å². The lowest BCUT2D eigenvalue weighted by Gasteiger charge is -2.19. The number of nitrogens with one attached hydrogen (secondary N) is 4. The number of anilines is 4. The summed E-state index contributed by atoms with van der Waals surface area (Å²) in [7, 11) is 1.13. The Balaban J connectivity index is 1.50. The van der Waals surface area contributed by atoms with Gasteiger partial charge in [0.05, 0.1) is 12.6 Å². The molecule has 1 atom stereocenters. The molecule has 1 aromatic heterocycles. The van der Waals surface area contributed by atoms with Gasteiger partial charge in [-0.25, -0.2) is 9.59 Å². The van der Waals surface area contributed by atoms with E-state index in [0.717, 1.165) is 25.5 Å². The summed E-state index contributed by atoms with van der Waals surface area (Å²) in [5.41, 5.74) is 1.19. The molecule has 5 N–H and O–H groups in total. The summed E-state index contributed by atoms with van der Waals surface area (Å²) in [4.78, 5) is 46.4. The molecular weight excluding hydrogens is 599 g/mol. The van der Waals surface area contributed by atoms with Crippen LogP contribution in [-0.4, -0.2) is 70.4 Å². The molecule has 1 aliphatic carbocycles. The number of carbonyl (C=O) groups is 3. The molecule has 1 saturated carbocycles. The Morgan fingerprint density at radius 3 is 2.21 bits per heavy atom. The summed E-state index contributed by atoms with van der Waals surface area (Å²) < 4.78 is 48.0. The molecule has 0 unspecified atom stereocenters. The molecule has 1 fully saturated rings. The van der Waals surface area contributed by atoms with Crippen LogP contribution in [0.15, 0.2) is 48.5 Å². The SMILES string of the molecule is COC(=O)[C@H](CNC(=O)C(=O)O)Nc1ccc(Nc2nc(NC3(c4ccc(Cl)cc4)CC3)nc(OCC(F)(F)F)n2)cc1. The molecule has 4 rings (SSSR count). The number of aliphatic carboxylic acids is 1. The zero-order valence-electron chi connectivity index (χ0n) is 22.4. The fourth-order valence-electron chi connectivity index (χ4n) is 3.86. The van der Waals surface area contributed by atoms with Gasteiger partial charge < -0.3 is 35.8 Å². The monoisotopic (exact) mass is 623 g/mol. The van der Waals surface area contributed by atoms with Gasteiger partial charge >= 0.3 is 30.0 Å². The van der Waals surface area contributed by atoms with Gasteiger partial charge in [0.15, 0.2) is 6.61 Å². The summed E-state index contributed by atoms with van der Waals surface area (Å²) in [6, 6.07) is 11.7. The van der Waals surface area contributed by atoms with Crippen molar-refractivity contribution in [1.29, 1.82) is 0 Å². The number of carbonyl (C=O) groups excluding carboxylic acids is 2. The molecule has 2 aromatic carbocycles. The maximum Gasteiger partial charge on any atom is 0.422 e. The van der Waals surface area contributed by atoms with E-state index in [9.17, 15) is 27.6 Å². The molecule has 1 heterocycles. The number of ether oxygens (including phenoxy) is 2. The summed E-state index contributed by atoms with van der Waals surface area (Å²) in [6.07, 6.45) is -3.16. The van der Waals surface area contributed by atoms with E-state index in [0.29, 0.717) is 16.4 Å². The van der Waals surface area contributed by atoms with Crippen molar-refractivity contribution in [2.24, 2.45) is 0 Å². The van der Waals surface area contributed by atoms with Crippen LogP contribution in [-0.2, 0) is 24.7 Å². The first kappa shape index (κ1) is 31.1. The van der Waals surface area contributed by atoms with E-state index < -0.39 is 48.2 Å². The summed E-state index contributed by atoms with van der Waals surface area (Å²) >= 11 is 5.99. The second-order valence-electron chi connectivity index (χ2n) is 9.32. The fourth-order valence-corrected chi connectivity index (χ4v) is 3.98. The average molecular weight is 624 g/mol. The maximum atomic E-state index is 12.8. The lowest BCUT2D eigenvalue weighted by Crippen LogP contribution is -2.44. The van der Waals surface area contributed by atoms with Crippen molar-refractivity contribution >= 4 is 52.7 Å². The van der Waals surface area contributed by atoms with Crippen LogP contribution in [0.1, 0.15) is 18.4 Å². The van der Waals surface area contributed by atoms with Gasteiger partial charge in [-0.3, -0.25) is 4.79 Å². The van der Waals surface area contributed by atoms with E-state index >= 15 is 0 Å². The predicted molar refractivity (Wildman–Crippen MR) is 147 cm³/mol. The number of esters is 1. The lowest BCUT2D eigenvalue weighted by molar-refractivity contribution is -0.154. The van der Waals surface area contributed by atoms with Crippen molar-refractivity contribution in [3.8, 4) is 6.01 Å². The van der Waals surface area contributed by atoms with Gasteiger partial charge in [0.1, 0.15) is 6.04 Å². The molecule has 43 heavy (non-hydrogen) atoms. The highest BCUT2D eigenvalue weighted by Gasteiger charge is 2.45. The van der Waals surface area contributed by atoms with Crippen molar-refractivity contribution in [2.75, 3.05) is 36.2 Å². The molecule has 0 bridgehead atoms. The Morgan fingerprint density at radius 1 is 1.00 bits per heavy atom. The average Bonchev–Trinajstić information content (AvgIpc) is 3.74. The van der Waals surface area contributed by atoms with E-state index in [-0.39, 0.29) is 18.4 Å². The summed E-state index contributed by atoms with van der Waals surface area (Å²) in [6.45, 7) is -1.97. The number of carboxylic acid groups (broad SMARTS) is 1. The van der Waals surface area contributed by atoms with E-state index in [1.165, 1.54) is 0 Å². The highest BCUT2D eigenvalue weighted by Crippen LogP contribution is 2.48. The third kappa shape index (κ3) is 8.81. The number of halogens is 4. The number of hydrogen-bond acceptors (Lipinski definition) is 11. The van der Waals surface area contributed by atoms with Crippen LogP contribution in [0.5, 0.6) is 6.01 Å². The largest absolute Gasteiger partial charge is 0.474 e. The van der Waals surface area contributed by atoms with Crippen LogP contribution < -0.4 is 26.0 Å². The number of alkyl halides is 3. The standard InChI is InChI=1S/C26H25ClF3N7O6/c1-42-21(41)18(12-31-19(38)20(39)40)32-16-6-8-17(9-7-16)33-22-34-23(36-24(35-22)43-13-26(28,29)30)37-25(10-11-25)14-2-4-15(27)5-3-14/h2-9,18,32H,10-13H2,1H3,(H,31,38)(H,39,40)(H2,33,34,35,36,37)/t18-/m0/s1. The van der Waals surface area contributed by atoms with Gasteiger partial charge in [-0.2, -0.15) is 28.1 Å². The first-order chi connectivity index (χ1) is 20.4. The van der Waals surface area contributed by atoms with Gasteiger partial charge in [0.25, 0.3) is 0 Å². The zero-order chi connectivity index (χ0) is 31.2. The van der Waals surface area contributed by atoms with Crippen LogP contribution in [0.2, 0.25) is 5.02 Å². The van der Waals surface area contributed by atoms with Gasteiger partial charge in [-0.1, -0.05) is 23.7 Å². The van der Waals surface area contributed by atoms with Crippen molar-refractivity contribution in [3.63, 3.8) is 0 Å². The second-order valence-corrected chi connectivity index (χ2v) is 9.76. The zero-order valence-corrected chi connectivity index (χ0v) is 23.1. The number of aromatic nitrogens is 3. The number of hydrogen-bond donors (Lipinski definition) is 5. The minimum atomic E-state index is -4.61. The van der Waals surface area contributed by atoms with E-state index in [1.807, 2.05) is 12.1 Å². The molecule has 0 saturated heterocycles. The first-order valence-electron chi connectivity index (χ1n) is 12.6. The number of rotatable bonds is 12. The molecular formula is C26H25ClF3N7O6. The Bertz CT molecular complexity index is 1470. The quantitative estimate of drug-likeness (QED) is 0.147.